The average molecular weight is 407 g/mol. The van der Waals surface area contributed by atoms with Gasteiger partial charge in [0.25, 0.3) is 0 Å². The van der Waals surface area contributed by atoms with Crippen LogP contribution in [0.15, 0.2) is 30.6 Å². The number of hydrogen-bond donors (Lipinski definition) is 0. The number of fused-ring (bicyclic) bond motifs is 1. The van der Waals surface area contributed by atoms with Crippen LogP contribution in [-0.2, 0) is 16.7 Å². The molecule has 0 unspecified atom stereocenters. The van der Waals surface area contributed by atoms with E-state index in [0.717, 1.165) is 4.40 Å². The second kappa shape index (κ2) is 7.01. The van der Waals surface area contributed by atoms with E-state index in [9.17, 15) is 22.0 Å². The van der Waals surface area contributed by atoms with Crippen LogP contribution in [0.25, 0.3) is 16.9 Å². The molecule has 0 bridgehead atoms. The first-order chi connectivity index (χ1) is 12.5. The molecule has 0 fully saturated rings. The van der Waals surface area contributed by atoms with Crippen molar-refractivity contribution in [2.24, 2.45) is 0 Å². The van der Waals surface area contributed by atoms with Gasteiger partial charge in [-0.15, -0.1) is 10.2 Å². The summed E-state index contributed by atoms with van der Waals surface area (Å²) in [5.74, 6) is -0.738. The van der Waals surface area contributed by atoms with Crippen LogP contribution in [0.3, 0.4) is 0 Å². The molecule has 0 aliphatic heterocycles. The Morgan fingerprint density at radius 2 is 1.89 bits per heavy atom. The Hall–Kier alpha value is -2.33. The highest BCUT2D eigenvalue weighted by Gasteiger charge is 2.34. The van der Waals surface area contributed by atoms with Crippen LogP contribution in [-0.4, -0.2) is 32.4 Å². The van der Waals surface area contributed by atoms with Crippen LogP contribution in [0.1, 0.15) is 17.0 Å². The fourth-order valence-corrected chi connectivity index (χ4v) is 2.65. The molecule has 0 N–H and O–H groups in total. The number of aromatic nitrogens is 4. The van der Waals surface area contributed by atoms with Gasteiger partial charge < -0.3 is 4.74 Å². The molecular formula is C16H12ClF5N4O. The minimum absolute atomic E-state index is 0.101. The lowest BCUT2D eigenvalue weighted by Crippen LogP contribution is -2.16. The van der Waals surface area contributed by atoms with Crippen molar-refractivity contribution in [3.63, 3.8) is 0 Å². The quantitative estimate of drug-likeness (QED) is 0.463. The molecule has 0 amide bonds. The van der Waals surface area contributed by atoms with Crippen molar-refractivity contribution in [1.29, 1.82) is 0 Å². The van der Waals surface area contributed by atoms with Crippen LogP contribution < -0.4 is 0 Å². The van der Waals surface area contributed by atoms with E-state index < -0.39 is 24.0 Å². The zero-order valence-corrected chi connectivity index (χ0v) is 14.5. The molecule has 11 heteroatoms. The summed E-state index contributed by atoms with van der Waals surface area (Å²) >= 11 is 5.04. The molecule has 0 saturated carbocycles. The summed E-state index contributed by atoms with van der Waals surface area (Å²) in [4.78, 5) is 4.17. The first kappa shape index (κ1) is 19.4. The smallest absolute Gasteiger partial charge is 0.367 e. The molecule has 27 heavy (non-hydrogen) atoms. The van der Waals surface area contributed by atoms with E-state index in [1.807, 2.05) is 0 Å². The minimum atomic E-state index is -4.39. The third kappa shape index (κ3) is 4.51. The summed E-state index contributed by atoms with van der Waals surface area (Å²) in [6, 6.07) is 4.84. The van der Waals surface area contributed by atoms with E-state index in [0.29, 0.717) is 22.4 Å². The maximum Gasteiger partial charge on any atom is 0.411 e. The van der Waals surface area contributed by atoms with E-state index >= 15 is 0 Å². The molecule has 144 valence electrons. The van der Waals surface area contributed by atoms with Crippen molar-refractivity contribution >= 4 is 17.2 Å². The maximum absolute atomic E-state index is 13.4. The van der Waals surface area contributed by atoms with Crippen molar-refractivity contribution in [1.82, 2.24) is 19.6 Å². The van der Waals surface area contributed by atoms with Gasteiger partial charge in [0.2, 0.25) is 5.82 Å². The van der Waals surface area contributed by atoms with Crippen LogP contribution in [0.4, 0.5) is 22.0 Å². The molecule has 0 atom stereocenters. The molecule has 5 nitrogen and oxygen atoms in total. The number of benzene rings is 1. The third-order valence-electron chi connectivity index (χ3n) is 3.65. The lowest BCUT2D eigenvalue weighted by atomic mass is 10.0. The summed E-state index contributed by atoms with van der Waals surface area (Å²) in [7, 11) is 0. The van der Waals surface area contributed by atoms with E-state index in [1.54, 1.807) is 25.1 Å². The highest BCUT2D eigenvalue weighted by Crippen LogP contribution is 2.32. The molecule has 0 aliphatic carbocycles. The Bertz CT molecular complexity index is 968. The number of nitrogens with zero attached hydrogens (tertiary/aromatic N) is 4. The standard InChI is InChI=1S/C16H12ClF5N4O/c1-9-4-10(7-27-8-15(18,19)20)2-3-11(9)12-6-26-13(5-23-12)24-25-14(26)16(17,21)22/h2-6H,7-8H2,1H3. The zero-order chi connectivity index (χ0) is 19.8. The Balaban J connectivity index is 1.88. The number of halogens is 6. The van der Waals surface area contributed by atoms with Crippen molar-refractivity contribution in [2.45, 2.75) is 25.1 Å². The topological polar surface area (TPSA) is 52.3 Å². The van der Waals surface area contributed by atoms with Crippen LogP contribution in [0.2, 0.25) is 0 Å². The Morgan fingerprint density at radius 1 is 1.15 bits per heavy atom. The Kier molecular flexibility index (Phi) is 5.04. The summed E-state index contributed by atoms with van der Waals surface area (Å²) in [6.07, 6.45) is -1.80. The lowest BCUT2D eigenvalue weighted by Gasteiger charge is -2.11. The van der Waals surface area contributed by atoms with Gasteiger partial charge in [0.1, 0.15) is 6.61 Å². The van der Waals surface area contributed by atoms with Crippen molar-refractivity contribution in [3.8, 4) is 11.3 Å². The number of aryl methyl sites for hydroxylation is 1. The first-order valence-electron chi connectivity index (χ1n) is 7.57. The van der Waals surface area contributed by atoms with Gasteiger partial charge in [-0.2, -0.15) is 22.0 Å². The summed E-state index contributed by atoms with van der Waals surface area (Å²) < 4.78 is 68.9. The van der Waals surface area contributed by atoms with Crippen molar-refractivity contribution in [3.05, 3.63) is 47.5 Å². The molecule has 3 rings (SSSR count). The number of ether oxygens (including phenoxy) is 1. The van der Waals surface area contributed by atoms with Crippen LogP contribution >= 0.6 is 11.6 Å². The summed E-state index contributed by atoms with van der Waals surface area (Å²) in [5.41, 5.74) is 2.28. The highest BCUT2D eigenvalue weighted by atomic mass is 35.5. The van der Waals surface area contributed by atoms with E-state index in [4.69, 9.17) is 11.6 Å². The predicted molar refractivity (Wildman–Crippen MR) is 86.4 cm³/mol. The van der Waals surface area contributed by atoms with Gasteiger partial charge in [0, 0.05) is 11.8 Å². The van der Waals surface area contributed by atoms with Gasteiger partial charge in [-0.1, -0.05) is 18.2 Å². The monoisotopic (exact) mass is 406 g/mol. The van der Waals surface area contributed by atoms with Gasteiger partial charge in [-0.05, 0) is 29.7 Å². The van der Waals surface area contributed by atoms with Gasteiger partial charge >= 0.3 is 11.6 Å². The van der Waals surface area contributed by atoms with Crippen molar-refractivity contribution < 1.29 is 26.7 Å². The first-order valence-corrected chi connectivity index (χ1v) is 7.95. The number of hydrogen-bond acceptors (Lipinski definition) is 4. The van der Waals surface area contributed by atoms with Gasteiger partial charge in [-0.25, -0.2) is 0 Å². The van der Waals surface area contributed by atoms with Crippen LogP contribution in [0, 0.1) is 6.92 Å². The Labute approximate surface area is 154 Å². The molecule has 3 aromatic rings. The number of alkyl halides is 6. The zero-order valence-electron chi connectivity index (χ0n) is 13.8. The molecule has 2 heterocycles. The molecule has 0 radical (unpaired) electrons. The second-order valence-corrected chi connectivity index (χ2v) is 6.25. The predicted octanol–water partition coefficient (Wildman–Crippen LogP) is 4.47. The molecule has 0 spiro atoms. The van der Waals surface area contributed by atoms with Gasteiger partial charge in [0.05, 0.1) is 18.5 Å². The van der Waals surface area contributed by atoms with E-state index in [1.165, 1.54) is 12.4 Å². The van der Waals surface area contributed by atoms with Gasteiger partial charge in [-0.3, -0.25) is 9.38 Å². The fraction of sp³-hybridized carbons (Fsp3) is 0.312. The highest BCUT2D eigenvalue weighted by molar-refractivity contribution is 6.21. The fourth-order valence-electron chi connectivity index (χ4n) is 2.52. The van der Waals surface area contributed by atoms with E-state index in [-0.39, 0.29) is 12.3 Å². The SMILES string of the molecule is Cc1cc(COCC(F)(F)F)ccc1-c1cn2c(C(F)(F)Cl)nnc2cn1. The molecule has 2 aromatic heterocycles. The van der Waals surface area contributed by atoms with Gasteiger partial charge in [0.15, 0.2) is 5.65 Å². The summed E-state index contributed by atoms with van der Waals surface area (Å²) in [5, 5.41) is 3.26. The number of rotatable bonds is 5. The third-order valence-corrected chi connectivity index (χ3v) is 3.82. The molecular weight excluding hydrogens is 395 g/mol. The second-order valence-electron chi connectivity index (χ2n) is 5.78. The minimum Gasteiger partial charge on any atom is -0.367 e. The lowest BCUT2D eigenvalue weighted by molar-refractivity contribution is -0.176. The molecule has 1 aromatic carbocycles. The largest absolute Gasteiger partial charge is 0.411 e. The van der Waals surface area contributed by atoms with Crippen molar-refractivity contribution in [2.75, 3.05) is 6.61 Å². The van der Waals surface area contributed by atoms with E-state index in [2.05, 4.69) is 19.9 Å². The van der Waals surface area contributed by atoms with Crippen LogP contribution in [0.5, 0.6) is 0 Å². The summed E-state index contributed by atoms with van der Waals surface area (Å²) in [6.45, 7) is 0.175. The Morgan fingerprint density at radius 3 is 2.52 bits per heavy atom. The maximum atomic E-state index is 13.4. The molecule has 0 saturated heterocycles. The molecule has 0 aliphatic rings. The average Bonchev–Trinajstić information content (AvgIpc) is 2.97. The normalized spacial score (nSPS) is 12.7.